The van der Waals surface area contributed by atoms with Crippen LogP contribution in [0, 0.1) is 0 Å². The second-order valence-electron chi connectivity index (χ2n) is 3.57. The van der Waals surface area contributed by atoms with E-state index >= 15 is 0 Å². The highest BCUT2D eigenvalue weighted by Crippen LogP contribution is 2.50. The van der Waals surface area contributed by atoms with E-state index in [0.717, 1.165) is 5.56 Å². The molecule has 7 heteroatoms. The van der Waals surface area contributed by atoms with Gasteiger partial charge < -0.3 is 4.74 Å². The standard InChI is InChI=1S/C9H6Cl5NO/c10-6-1-5(2-15-7(6)11)8(4-16-8)3-9(12,13)14/h1-2H,3-4H2. The highest BCUT2D eigenvalue weighted by molar-refractivity contribution is 6.67. The van der Waals surface area contributed by atoms with Gasteiger partial charge in [-0.2, -0.15) is 0 Å². The van der Waals surface area contributed by atoms with Crippen molar-refractivity contribution in [3.63, 3.8) is 0 Å². The molecule has 0 bridgehead atoms. The summed E-state index contributed by atoms with van der Waals surface area (Å²) in [6.07, 6.45) is 1.84. The lowest BCUT2D eigenvalue weighted by Gasteiger charge is -2.17. The summed E-state index contributed by atoms with van der Waals surface area (Å²) in [7, 11) is 0. The fraction of sp³-hybridized carbons (Fsp3) is 0.444. The summed E-state index contributed by atoms with van der Waals surface area (Å²) in [5.74, 6) is 0. The largest absolute Gasteiger partial charge is 0.364 e. The number of pyridine rings is 1. The molecule has 1 aromatic rings. The van der Waals surface area contributed by atoms with Crippen LogP contribution in [-0.2, 0) is 10.3 Å². The van der Waals surface area contributed by atoms with Crippen LogP contribution >= 0.6 is 58.0 Å². The molecule has 2 nitrogen and oxygen atoms in total. The van der Waals surface area contributed by atoms with E-state index < -0.39 is 9.39 Å². The Morgan fingerprint density at radius 2 is 2.00 bits per heavy atom. The number of aromatic nitrogens is 1. The molecule has 1 fully saturated rings. The highest BCUT2D eigenvalue weighted by Gasteiger charge is 2.51. The summed E-state index contributed by atoms with van der Waals surface area (Å²) in [5, 5.41) is 0.605. The Kier molecular flexibility index (Phi) is 3.53. The molecule has 88 valence electrons. The molecular weight excluding hydrogens is 315 g/mol. The first-order valence-corrected chi connectivity index (χ1v) is 6.24. The maximum Gasteiger partial charge on any atom is 0.193 e. The monoisotopic (exact) mass is 319 g/mol. The molecule has 2 heterocycles. The van der Waals surface area contributed by atoms with Crippen molar-refractivity contribution in [2.24, 2.45) is 0 Å². The maximum absolute atomic E-state index is 5.87. The van der Waals surface area contributed by atoms with Crippen molar-refractivity contribution >= 4 is 58.0 Å². The molecule has 0 amide bonds. The highest BCUT2D eigenvalue weighted by atomic mass is 35.6. The number of ether oxygens (including phenoxy) is 1. The number of hydrogen-bond acceptors (Lipinski definition) is 2. The summed E-state index contributed by atoms with van der Waals surface area (Å²) in [5.41, 5.74) is 0.181. The molecule has 1 atom stereocenters. The van der Waals surface area contributed by atoms with E-state index in [2.05, 4.69) is 4.98 Å². The predicted molar refractivity (Wildman–Crippen MR) is 66.8 cm³/mol. The molecule has 0 aliphatic carbocycles. The van der Waals surface area contributed by atoms with Crippen LogP contribution in [0.3, 0.4) is 0 Å². The molecule has 0 spiro atoms. The predicted octanol–water partition coefficient (Wildman–Crippen LogP) is 4.37. The quantitative estimate of drug-likeness (QED) is 0.459. The van der Waals surface area contributed by atoms with E-state index in [1.54, 1.807) is 12.3 Å². The topological polar surface area (TPSA) is 25.4 Å². The third-order valence-corrected chi connectivity index (χ3v) is 3.39. The van der Waals surface area contributed by atoms with E-state index in [0.29, 0.717) is 11.6 Å². The van der Waals surface area contributed by atoms with Gasteiger partial charge in [-0.1, -0.05) is 58.0 Å². The Hall–Kier alpha value is 0.560. The van der Waals surface area contributed by atoms with Gasteiger partial charge in [0, 0.05) is 18.2 Å². The minimum atomic E-state index is -1.37. The number of nitrogens with zero attached hydrogens (tertiary/aromatic N) is 1. The molecule has 1 aliphatic heterocycles. The molecule has 0 aromatic carbocycles. The molecule has 1 aliphatic rings. The van der Waals surface area contributed by atoms with Crippen LogP contribution in [0.25, 0.3) is 0 Å². The molecule has 1 saturated heterocycles. The molecule has 0 N–H and O–H groups in total. The second kappa shape index (κ2) is 4.34. The maximum atomic E-state index is 5.87. The van der Waals surface area contributed by atoms with Gasteiger partial charge in [-0.25, -0.2) is 4.98 Å². The first kappa shape index (κ1) is 13.0. The lowest BCUT2D eigenvalue weighted by Crippen LogP contribution is -2.18. The average Bonchev–Trinajstić information content (AvgIpc) is 2.88. The van der Waals surface area contributed by atoms with Gasteiger partial charge in [-0.3, -0.25) is 0 Å². The van der Waals surface area contributed by atoms with E-state index in [1.165, 1.54) is 0 Å². The normalized spacial score (nSPS) is 24.6. The number of alkyl halides is 3. The number of hydrogen-bond donors (Lipinski definition) is 0. The third kappa shape index (κ3) is 2.87. The van der Waals surface area contributed by atoms with Gasteiger partial charge in [-0.05, 0) is 6.07 Å². The van der Waals surface area contributed by atoms with Crippen LogP contribution in [0.1, 0.15) is 12.0 Å². The third-order valence-electron chi connectivity index (χ3n) is 2.30. The van der Waals surface area contributed by atoms with Gasteiger partial charge >= 0.3 is 0 Å². The second-order valence-corrected chi connectivity index (χ2v) is 6.85. The lowest BCUT2D eigenvalue weighted by molar-refractivity contribution is 0.294. The van der Waals surface area contributed by atoms with Crippen molar-refractivity contribution in [3.05, 3.63) is 28.0 Å². The molecule has 0 radical (unpaired) electrons. The zero-order valence-electron chi connectivity index (χ0n) is 7.81. The molecule has 1 unspecified atom stereocenters. The van der Waals surface area contributed by atoms with Crippen LogP contribution in [0.2, 0.25) is 10.2 Å². The van der Waals surface area contributed by atoms with Gasteiger partial charge in [0.05, 0.1) is 11.6 Å². The van der Waals surface area contributed by atoms with Crippen molar-refractivity contribution in [2.75, 3.05) is 6.61 Å². The van der Waals surface area contributed by atoms with Gasteiger partial charge in [0.1, 0.15) is 10.8 Å². The lowest BCUT2D eigenvalue weighted by atomic mass is 9.99. The Morgan fingerprint density at radius 3 is 2.44 bits per heavy atom. The number of epoxide rings is 1. The fourth-order valence-corrected chi connectivity index (χ4v) is 2.37. The molecular formula is C9H6Cl5NO. The first-order chi connectivity index (χ1) is 7.32. The Morgan fingerprint density at radius 1 is 1.38 bits per heavy atom. The van der Waals surface area contributed by atoms with Crippen LogP contribution in [0.15, 0.2) is 12.3 Å². The SMILES string of the molecule is Clc1cc(C2(CC(Cl)(Cl)Cl)CO2)cnc1Cl. The molecule has 2 rings (SSSR count). The zero-order chi connectivity index (χ0) is 12.0. The minimum Gasteiger partial charge on any atom is -0.364 e. The van der Waals surface area contributed by atoms with Crippen molar-refractivity contribution in [1.29, 1.82) is 0 Å². The van der Waals surface area contributed by atoms with Crippen molar-refractivity contribution in [2.45, 2.75) is 15.8 Å². The summed E-state index contributed by atoms with van der Waals surface area (Å²) in [6.45, 7) is 0.487. The summed E-state index contributed by atoms with van der Waals surface area (Å²) in [6, 6.07) is 1.68. The van der Waals surface area contributed by atoms with Crippen LogP contribution < -0.4 is 0 Å². The van der Waals surface area contributed by atoms with Gasteiger partial charge in [0.25, 0.3) is 0 Å². The van der Waals surface area contributed by atoms with Crippen LogP contribution in [0.4, 0.5) is 0 Å². The van der Waals surface area contributed by atoms with E-state index in [4.69, 9.17) is 62.7 Å². The molecule has 0 saturated carbocycles. The van der Waals surface area contributed by atoms with Crippen LogP contribution in [0.5, 0.6) is 0 Å². The number of halogens is 5. The summed E-state index contributed by atoms with van der Waals surface area (Å²) in [4.78, 5) is 3.94. The Bertz CT molecular complexity index is 413. The van der Waals surface area contributed by atoms with Crippen LogP contribution in [-0.4, -0.2) is 15.4 Å². The van der Waals surface area contributed by atoms with E-state index in [1.807, 2.05) is 0 Å². The van der Waals surface area contributed by atoms with Gasteiger partial charge in [0.2, 0.25) is 0 Å². The minimum absolute atomic E-state index is 0.245. The average molecular weight is 321 g/mol. The van der Waals surface area contributed by atoms with Gasteiger partial charge in [0.15, 0.2) is 3.79 Å². The van der Waals surface area contributed by atoms with Gasteiger partial charge in [-0.15, -0.1) is 0 Å². The van der Waals surface area contributed by atoms with Crippen molar-refractivity contribution in [1.82, 2.24) is 4.98 Å². The fourth-order valence-electron chi connectivity index (χ4n) is 1.45. The first-order valence-electron chi connectivity index (χ1n) is 4.35. The summed E-state index contributed by atoms with van der Waals surface area (Å²) < 4.78 is 3.99. The Balaban J connectivity index is 2.27. The van der Waals surface area contributed by atoms with E-state index in [-0.39, 0.29) is 11.6 Å². The number of rotatable bonds is 2. The Labute approximate surface area is 118 Å². The summed E-state index contributed by atoms with van der Waals surface area (Å²) >= 11 is 28.8. The smallest absolute Gasteiger partial charge is 0.193 e. The van der Waals surface area contributed by atoms with Crippen molar-refractivity contribution in [3.8, 4) is 0 Å². The molecule has 16 heavy (non-hydrogen) atoms. The zero-order valence-corrected chi connectivity index (χ0v) is 11.6. The van der Waals surface area contributed by atoms with Crippen molar-refractivity contribution < 1.29 is 4.74 Å². The van der Waals surface area contributed by atoms with E-state index in [9.17, 15) is 0 Å². The molecule has 1 aromatic heterocycles.